The molecule has 0 atom stereocenters. The Hall–Kier alpha value is -3.31. The lowest BCUT2D eigenvalue weighted by Gasteiger charge is -2.12. The van der Waals surface area contributed by atoms with Gasteiger partial charge in [-0.25, -0.2) is 0 Å². The summed E-state index contributed by atoms with van der Waals surface area (Å²) in [5, 5.41) is 18.8. The number of carbonyl (C=O) groups excluding carboxylic acids is 1. The molecule has 0 amide bonds. The van der Waals surface area contributed by atoms with Crippen molar-refractivity contribution in [2.24, 2.45) is 0 Å². The first-order valence-corrected chi connectivity index (χ1v) is 8.93. The van der Waals surface area contributed by atoms with E-state index in [4.69, 9.17) is 33.2 Å². The molecule has 28 heavy (non-hydrogen) atoms. The largest absolute Gasteiger partial charge is 0.485 e. The van der Waals surface area contributed by atoms with E-state index in [2.05, 4.69) is 6.07 Å². The third kappa shape index (κ3) is 4.32. The van der Waals surface area contributed by atoms with Gasteiger partial charge in [0.15, 0.2) is 12.4 Å². The Labute approximate surface area is 172 Å². The summed E-state index contributed by atoms with van der Waals surface area (Å²) in [6.45, 7) is -0.188. The molecular weight excluding hydrogens is 395 g/mol. The number of hydrogen-bond donors (Lipinski definition) is 0. The fraction of sp³-hybridized carbons (Fsp3) is 0.0455. The molecule has 3 aromatic rings. The van der Waals surface area contributed by atoms with Crippen LogP contribution in [0.5, 0.6) is 5.75 Å². The molecular formula is C22H12Cl2N2O2. The number of nitriles is 2. The summed E-state index contributed by atoms with van der Waals surface area (Å²) >= 11 is 12.1. The maximum Gasteiger partial charge on any atom is 0.200 e. The highest BCUT2D eigenvalue weighted by Gasteiger charge is 2.13. The van der Waals surface area contributed by atoms with E-state index in [1.165, 1.54) is 0 Å². The van der Waals surface area contributed by atoms with Crippen molar-refractivity contribution in [2.75, 3.05) is 6.61 Å². The number of benzene rings is 3. The zero-order valence-electron chi connectivity index (χ0n) is 14.4. The van der Waals surface area contributed by atoms with Gasteiger partial charge in [-0.05, 0) is 60.2 Å². The van der Waals surface area contributed by atoms with Crippen LogP contribution in [0.15, 0.2) is 60.7 Å². The number of Topliss-reactive ketones (excluding diaryl/α,β-unsaturated/α-hetero) is 1. The summed E-state index contributed by atoms with van der Waals surface area (Å²) in [5.74, 6) is 0.216. The second kappa shape index (κ2) is 8.59. The minimum absolute atomic E-state index is 0.188. The third-order valence-corrected chi connectivity index (χ3v) is 4.77. The molecule has 136 valence electrons. The molecule has 0 N–H and O–H groups in total. The molecule has 6 heteroatoms. The summed E-state index contributed by atoms with van der Waals surface area (Å²) in [4.78, 5) is 12.4. The summed E-state index contributed by atoms with van der Waals surface area (Å²) in [6.07, 6.45) is 0. The lowest BCUT2D eigenvalue weighted by atomic mass is 10.0. The van der Waals surface area contributed by atoms with Crippen LogP contribution in [0.2, 0.25) is 10.0 Å². The van der Waals surface area contributed by atoms with E-state index in [1.54, 1.807) is 60.7 Å². The minimum atomic E-state index is -0.228. The van der Waals surface area contributed by atoms with E-state index in [9.17, 15) is 10.1 Å². The number of hydrogen-bond acceptors (Lipinski definition) is 4. The Balaban J connectivity index is 1.87. The number of ketones is 1. The highest BCUT2D eigenvalue weighted by Crippen LogP contribution is 2.34. The molecule has 0 aromatic heterocycles. The zero-order chi connectivity index (χ0) is 20.1. The lowest BCUT2D eigenvalue weighted by Crippen LogP contribution is -2.12. The summed E-state index contributed by atoms with van der Waals surface area (Å²) < 4.78 is 5.73. The molecule has 0 heterocycles. The van der Waals surface area contributed by atoms with Gasteiger partial charge in [0.2, 0.25) is 0 Å². The molecule has 0 aliphatic carbocycles. The van der Waals surface area contributed by atoms with Gasteiger partial charge < -0.3 is 4.74 Å². The van der Waals surface area contributed by atoms with E-state index in [0.29, 0.717) is 43.6 Å². The molecule has 3 aromatic carbocycles. The topological polar surface area (TPSA) is 73.9 Å². The highest BCUT2D eigenvalue weighted by molar-refractivity contribution is 6.42. The maximum absolute atomic E-state index is 12.4. The number of carbonyl (C=O) groups is 1. The fourth-order valence-electron chi connectivity index (χ4n) is 2.57. The average Bonchev–Trinajstić information content (AvgIpc) is 2.74. The van der Waals surface area contributed by atoms with Crippen LogP contribution in [0.25, 0.3) is 11.1 Å². The van der Waals surface area contributed by atoms with E-state index in [1.807, 2.05) is 6.07 Å². The first kappa shape index (κ1) is 19.5. The first-order chi connectivity index (χ1) is 13.5. The molecule has 0 fully saturated rings. The molecule has 0 aliphatic rings. The van der Waals surface area contributed by atoms with Gasteiger partial charge in [0.25, 0.3) is 0 Å². The van der Waals surface area contributed by atoms with Gasteiger partial charge in [-0.2, -0.15) is 10.5 Å². The lowest BCUT2D eigenvalue weighted by molar-refractivity contribution is 0.0922. The minimum Gasteiger partial charge on any atom is -0.485 e. The monoisotopic (exact) mass is 406 g/mol. The fourth-order valence-corrected chi connectivity index (χ4v) is 2.87. The van der Waals surface area contributed by atoms with Gasteiger partial charge in [-0.15, -0.1) is 0 Å². The van der Waals surface area contributed by atoms with Crippen molar-refractivity contribution in [3.05, 3.63) is 87.4 Å². The van der Waals surface area contributed by atoms with E-state index in [0.717, 1.165) is 0 Å². The van der Waals surface area contributed by atoms with Crippen LogP contribution in [-0.4, -0.2) is 12.4 Å². The van der Waals surface area contributed by atoms with Crippen LogP contribution < -0.4 is 4.74 Å². The van der Waals surface area contributed by atoms with Gasteiger partial charge in [-0.3, -0.25) is 4.79 Å². The number of nitrogens with zero attached hydrogens (tertiary/aromatic N) is 2. The second-order valence-electron chi connectivity index (χ2n) is 5.85. The van der Waals surface area contributed by atoms with Crippen molar-refractivity contribution in [1.29, 1.82) is 10.5 Å². The molecule has 0 unspecified atom stereocenters. The van der Waals surface area contributed by atoms with Gasteiger partial charge in [0.05, 0.1) is 33.3 Å². The van der Waals surface area contributed by atoms with Crippen LogP contribution in [0.1, 0.15) is 21.5 Å². The Morgan fingerprint density at radius 3 is 2.18 bits per heavy atom. The average molecular weight is 407 g/mol. The van der Waals surface area contributed by atoms with E-state index < -0.39 is 0 Å². The summed E-state index contributed by atoms with van der Waals surface area (Å²) in [6, 6.07) is 20.4. The van der Waals surface area contributed by atoms with Crippen LogP contribution in [0, 0.1) is 22.7 Å². The van der Waals surface area contributed by atoms with E-state index in [-0.39, 0.29) is 12.4 Å². The van der Waals surface area contributed by atoms with Crippen LogP contribution in [-0.2, 0) is 0 Å². The molecule has 0 saturated carbocycles. The van der Waals surface area contributed by atoms with E-state index >= 15 is 0 Å². The van der Waals surface area contributed by atoms with Crippen LogP contribution >= 0.6 is 23.2 Å². The molecule has 0 spiro atoms. The van der Waals surface area contributed by atoms with Crippen LogP contribution in [0.4, 0.5) is 0 Å². The van der Waals surface area contributed by atoms with Gasteiger partial charge >= 0.3 is 0 Å². The number of halogens is 2. The Morgan fingerprint density at radius 1 is 0.857 bits per heavy atom. The van der Waals surface area contributed by atoms with Crippen molar-refractivity contribution in [3.8, 4) is 29.0 Å². The van der Waals surface area contributed by atoms with Gasteiger partial charge in [0, 0.05) is 11.1 Å². The first-order valence-electron chi connectivity index (χ1n) is 8.17. The maximum atomic E-state index is 12.4. The second-order valence-corrected chi connectivity index (χ2v) is 6.67. The molecule has 0 bridgehead atoms. The summed E-state index contributed by atoms with van der Waals surface area (Å²) in [5.41, 5.74) is 2.72. The van der Waals surface area contributed by atoms with Crippen molar-refractivity contribution >= 4 is 29.0 Å². The Morgan fingerprint density at radius 2 is 1.54 bits per heavy atom. The normalized spacial score (nSPS) is 10.0. The smallest absolute Gasteiger partial charge is 0.200 e. The van der Waals surface area contributed by atoms with Crippen LogP contribution in [0.3, 0.4) is 0 Å². The van der Waals surface area contributed by atoms with Crippen molar-refractivity contribution in [1.82, 2.24) is 0 Å². The van der Waals surface area contributed by atoms with Gasteiger partial charge in [0.1, 0.15) is 5.75 Å². The highest BCUT2D eigenvalue weighted by atomic mass is 35.5. The molecule has 0 aliphatic heterocycles. The molecule has 3 rings (SSSR count). The predicted molar refractivity (Wildman–Crippen MR) is 108 cm³/mol. The molecule has 0 saturated heterocycles. The molecule has 4 nitrogen and oxygen atoms in total. The summed E-state index contributed by atoms with van der Waals surface area (Å²) in [7, 11) is 0. The number of rotatable bonds is 5. The third-order valence-electron chi connectivity index (χ3n) is 4.03. The van der Waals surface area contributed by atoms with Crippen molar-refractivity contribution < 1.29 is 9.53 Å². The quantitative estimate of drug-likeness (QED) is 0.511. The predicted octanol–water partition coefficient (Wildman–Crippen LogP) is 5.67. The van der Waals surface area contributed by atoms with Crippen molar-refractivity contribution in [3.63, 3.8) is 0 Å². The Bertz CT molecular complexity index is 1130. The molecule has 0 radical (unpaired) electrons. The standard InChI is InChI=1S/C22H12Cl2N2O2/c23-19-7-6-17(10-20(19)24)18-9-15(12-26)3-8-22(18)28-13-21(27)16-4-1-14(11-25)2-5-16/h1-10H,13H2. The SMILES string of the molecule is N#Cc1ccc(C(=O)COc2ccc(C#N)cc2-c2ccc(Cl)c(Cl)c2)cc1. The Kier molecular flexibility index (Phi) is 5.96. The zero-order valence-corrected chi connectivity index (χ0v) is 16.0. The number of ether oxygens (including phenoxy) is 1. The van der Waals surface area contributed by atoms with Crippen molar-refractivity contribution in [2.45, 2.75) is 0 Å². The van der Waals surface area contributed by atoms with Gasteiger partial charge in [-0.1, -0.05) is 29.3 Å².